The second-order valence-electron chi connectivity index (χ2n) is 11.3. The lowest BCUT2D eigenvalue weighted by atomic mass is 9.91. The van der Waals surface area contributed by atoms with Gasteiger partial charge in [0.05, 0.1) is 11.2 Å². The summed E-state index contributed by atoms with van der Waals surface area (Å²) in [5, 5.41) is 0. The van der Waals surface area contributed by atoms with Gasteiger partial charge in [0.1, 0.15) is 0 Å². The van der Waals surface area contributed by atoms with E-state index in [1.165, 1.54) is 44.5 Å². The molecule has 3 heteroatoms. The van der Waals surface area contributed by atoms with Crippen molar-refractivity contribution < 1.29 is 4.74 Å². The van der Waals surface area contributed by atoms with Crippen molar-refractivity contribution in [3.63, 3.8) is 0 Å². The average Bonchev–Trinajstić information content (AvgIpc) is 2.78. The topological polar surface area (TPSA) is 9.23 Å². The van der Waals surface area contributed by atoms with Gasteiger partial charge in [-0.1, -0.05) is 92.5 Å². The van der Waals surface area contributed by atoms with Crippen molar-refractivity contribution in [2.45, 2.75) is 65.6 Å². The third-order valence-electron chi connectivity index (χ3n) is 6.67. The Morgan fingerprint density at radius 2 is 0.973 bits per heavy atom. The van der Waals surface area contributed by atoms with Gasteiger partial charge in [-0.15, -0.1) is 0 Å². The van der Waals surface area contributed by atoms with Gasteiger partial charge in [0.15, 0.2) is 0 Å². The summed E-state index contributed by atoms with van der Waals surface area (Å²) in [6.45, 7) is 13.1. The van der Waals surface area contributed by atoms with E-state index in [-0.39, 0.29) is 11.2 Å². The van der Waals surface area contributed by atoms with E-state index in [1.807, 2.05) is 0 Å². The minimum atomic E-state index is -0.309. The fraction of sp³-hybridized carbons (Fsp3) is 0.294. The first kappa shape index (κ1) is 27.8. The molecule has 0 fully saturated rings. The summed E-state index contributed by atoms with van der Waals surface area (Å²) < 4.78 is 9.01. The Morgan fingerprint density at radius 3 is 1.35 bits per heavy atom. The Bertz CT molecular complexity index is 1290. The van der Waals surface area contributed by atoms with E-state index in [0.717, 1.165) is 21.8 Å². The highest BCUT2D eigenvalue weighted by molar-refractivity contribution is 9.10. The van der Waals surface area contributed by atoms with Crippen molar-refractivity contribution in [2.24, 2.45) is 0 Å². The maximum atomic E-state index is 6.79. The molecule has 0 atom stereocenters. The third kappa shape index (κ3) is 7.44. The van der Waals surface area contributed by atoms with Gasteiger partial charge in [-0.3, -0.25) is 0 Å². The lowest BCUT2D eigenvalue weighted by Crippen LogP contribution is -2.40. The van der Waals surface area contributed by atoms with Crippen molar-refractivity contribution in [3.8, 4) is 22.3 Å². The highest BCUT2D eigenvalue weighted by Gasteiger charge is 2.30. The molecule has 0 unspecified atom stereocenters. The molecule has 0 aliphatic heterocycles. The molecule has 0 saturated carbocycles. The molecule has 4 aromatic carbocycles. The standard InChI is InChI=1S/C34H36Br2O/c1-23-17-29(35)13-15-31(23)27-11-7-9-25(19-27)21-33(3,4)37-34(5,6)22-26-10-8-12-28(20-26)32-16-14-30(36)18-24(32)2/h7-20H,21-22H2,1-6H3. The fourth-order valence-corrected chi connectivity index (χ4v) is 6.35. The van der Waals surface area contributed by atoms with Gasteiger partial charge in [-0.2, -0.15) is 0 Å². The van der Waals surface area contributed by atoms with E-state index in [1.54, 1.807) is 0 Å². The van der Waals surface area contributed by atoms with Gasteiger partial charge in [0, 0.05) is 21.8 Å². The predicted octanol–water partition coefficient (Wildman–Crippen LogP) is 10.5. The second kappa shape index (κ2) is 11.3. The van der Waals surface area contributed by atoms with Crippen molar-refractivity contribution in [1.82, 2.24) is 0 Å². The van der Waals surface area contributed by atoms with Crippen molar-refractivity contribution in [1.29, 1.82) is 0 Å². The number of hydrogen-bond acceptors (Lipinski definition) is 1. The van der Waals surface area contributed by atoms with Crippen LogP contribution in [0.2, 0.25) is 0 Å². The lowest BCUT2D eigenvalue weighted by Gasteiger charge is -2.36. The molecule has 0 radical (unpaired) electrons. The molecular formula is C34H36Br2O. The molecule has 0 saturated heterocycles. The zero-order chi connectivity index (χ0) is 26.8. The molecule has 1 nitrogen and oxygen atoms in total. The summed E-state index contributed by atoms with van der Waals surface area (Å²) >= 11 is 7.16. The van der Waals surface area contributed by atoms with E-state index in [9.17, 15) is 0 Å². The monoisotopic (exact) mass is 618 g/mol. The van der Waals surface area contributed by atoms with Crippen molar-refractivity contribution in [2.75, 3.05) is 0 Å². The molecule has 0 aliphatic carbocycles. The van der Waals surface area contributed by atoms with Crippen LogP contribution in [-0.4, -0.2) is 11.2 Å². The van der Waals surface area contributed by atoms with Crippen LogP contribution in [0.1, 0.15) is 49.9 Å². The minimum absolute atomic E-state index is 0.309. The van der Waals surface area contributed by atoms with Gasteiger partial charge in [0.25, 0.3) is 0 Å². The summed E-state index contributed by atoms with van der Waals surface area (Å²) in [7, 11) is 0. The second-order valence-corrected chi connectivity index (χ2v) is 13.1. The molecule has 0 amide bonds. The molecule has 0 aromatic heterocycles. The predicted molar refractivity (Wildman–Crippen MR) is 165 cm³/mol. The Labute approximate surface area is 239 Å². The third-order valence-corrected chi connectivity index (χ3v) is 7.65. The quantitative estimate of drug-likeness (QED) is 0.191. The van der Waals surface area contributed by atoms with Crippen LogP contribution in [0.5, 0.6) is 0 Å². The van der Waals surface area contributed by atoms with Gasteiger partial charge >= 0.3 is 0 Å². The van der Waals surface area contributed by atoms with Crippen LogP contribution in [0.15, 0.2) is 93.9 Å². The number of ether oxygens (including phenoxy) is 1. The SMILES string of the molecule is Cc1cc(Br)ccc1-c1cccc(CC(C)(C)OC(C)(C)Cc2cccc(-c3ccc(Br)cc3C)c2)c1. The zero-order valence-corrected chi connectivity index (χ0v) is 25.8. The smallest absolute Gasteiger partial charge is 0.0674 e. The van der Waals surface area contributed by atoms with Crippen LogP contribution in [0.3, 0.4) is 0 Å². The fourth-order valence-electron chi connectivity index (χ4n) is 5.40. The highest BCUT2D eigenvalue weighted by Crippen LogP contribution is 2.32. The van der Waals surface area contributed by atoms with Gasteiger partial charge in [-0.25, -0.2) is 0 Å². The number of aryl methyl sites for hydroxylation is 2. The summed E-state index contributed by atoms with van der Waals surface area (Å²) in [5.74, 6) is 0. The Balaban J connectivity index is 1.48. The first-order valence-corrected chi connectivity index (χ1v) is 14.4. The molecule has 37 heavy (non-hydrogen) atoms. The first-order valence-electron chi connectivity index (χ1n) is 12.8. The van der Waals surface area contributed by atoms with Crippen LogP contribution in [0, 0.1) is 13.8 Å². The van der Waals surface area contributed by atoms with Crippen LogP contribution < -0.4 is 0 Å². The number of halogens is 2. The number of benzene rings is 4. The molecule has 0 spiro atoms. The molecule has 0 bridgehead atoms. The summed E-state index contributed by atoms with van der Waals surface area (Å²) in [6, 6.07) is 30.7. The van der Waals surface area contributed by atoms with Gasteiger partial charge < -0.3 is 4.74 Å². The largest absolute Gasteiger partial charge is 0.369 e. The van der Waals surface area contributed by atoms with E-state index in [2.05, 4.69) is 158 Å². The Morgan fingerprint density at radius 1 is 0.568 bits per heavy atom. The first-order chi connectivity index (χ1) is 17.4. The minimum Gasteiger partial charge on any atom is -0.369 e. The van der Waals surface area contributed by atoms with E-state index in [4.69, 9.17) is 4.74 Å². The molecular weight excluding hydrogens is 584 g/mol. The normalized spacial score (nSPS) is 12.1. The molecule has 0 heterocycles. The number of rotatable bonds is 8. The van der Waals surface area contributed by atoms with E-state index in [0.29, 0.717) is 0 Å². The maximum absolute atomic E-state index is 6.79. The highest BCUT2D eigenvalue weighted by atomic mass is 79.9. The van der Waals surface area contributed by atoms with Crippen molar-refractivity contribution in [3.05, 3.63) is 116 Å². The molecule has 0 N–H and O–H groups in total. The van der Waals surface area contributed by atoms with Gasteiger partial charge in [0.2, 0.25) is 0 Å². The lowest BCUT2D eigenvalue weighted by molar-refractivity contribution is -0.121. The number of hydrogen-bond donors (Lipinski definition) is 0. The molecule has 192 valence electrons. The Hall–Kier alpha value is -2.20. The maximum Gasteiger partial charge on any atom is 0.0674 e. The molecule has 0 aliphatic rings. The summed E-state index contributed by atoms with van der Waals surface area (Å²) in [6.07, 6.45) is 1.69. The van der Waals surface area contributed by atoms with Crippen LogP contribution >= 0.6 is 31.9 Å². The van der Waals surface area contributed by atoms with E-state index < -0.39 is 0 Å². The molecule has 4 aromatic rings. The summed E-state index contributed by atoms with van der Waals surface area (Å²) in [5.41, 5.74) is 9.52. The molecule has 4 rings (SSSR count). The van der Waals surface area contributed by atoms with Crippen LogP contribution in [-0.2, 0) is 17.6 Å². The van der Waals surface area contributed by atoms with E-state index >= 15 is 0 Å². The summed E-state index contributed by atoms with van der Waals surface area (Å²) in [4.78, 5) is 0. The zero-order valence-electron chi connectivity index (χ0n) is 22.7. The average molecular weight is 620 g/mol. The van der Waals surface area contributed by atoms with Crippen molar-refractivity contribution >= 4 is 31.9 Å². The van der Waals surface area contributed by atoms with Crippen LogP contribution in [0.25, 0.3) is 22.3 Å². The Kier molecular flexibility index (Phi) is 8.48. The van der Waals surface area contributed by atoms with Crippen LogP contribution in [0.4, 0.5) is 0 Å². The van der Waals surface area contributed by atoms with Gasteiger partial charge in [-0.05, 0) is 110 Å².